The second-order valence-corrected chi connectivity index (χ2v) is 7.41. The lowest BCUT2D eigenvalue weighted by atomic mass is 10.0. The summed E-state index contributed by atoms with van der Waals surface area (Å²) in [5.41, 5.74) is 1.34. The Hall–Kier alpha value is -0.390. The third-order valence-corrected chi connectivity index (χ3v) is 6.10. The van der Waals surface area contributed by atoms with Crippen LogP contribution in [0.3, 0.4) is 0 Å². The summed E-state index contributed by atoms with van der Waals surface area (Å²) in [4.78, 5) is 1.30. The SMILES string of the molecule is O=S1(=O)CC2NCCc3ccsc3C2C1. The maximum absolute atomic E-state index is 11.6. The fraction of sp³-hybridized carbons (Fsp3) is 0.600. The van der Waals surface area contributed by atoms with E-state index in [0.29, 0.717) is 11.5 Å². The lowest BCUT2D eigenvalue weighted by molar-refractivity contribution is 0.532. The molecule has 2 atom stereocenters. The number of nitrogens with one attached hydrogen (secondary N) is 1. The van der Waals surface area contributed by atoms with E-state index in [0.717, 1.165) is 13.0 Å². The van der Waals surface area contributed by atoms with E-state index < -0.39 is 9.84 Å². The number of hydrogen-bond donors (Lipinski definition) is 1. The highest BCUT2D eigenvalue weighted by atomic mass is 32.2. The first-order chi connectivity index (χ1) is 7.16. The van der Waals surface area contributed by atoms with Crippen molar-refractivity contribution in [1.29, 1.82) is 0 Å². The van der Waals surface area contributed by atoms with E-state index in [-0.39, 0.29) is 12.0 Å². The second kappa shape index (κ2) is 3.30. The molecule has 0 amide bonds. The van der Waals surface area contributed by atoms with E-state index in [1.807, 2.05) is 0 Å². The van der Waals surface area contributed by atoms with Gasteiger partial charge < -0.3 is 5.32 Å². The molecule has 1 aromatic heterocycles. The van der Waals surface area contributed by atoms with Gasteiger partial charge in [0.05, 0.1) is 11.5 Å². The van der Waals surface area contributed by atoms with Crippen LogP contribution in [0.25, 0.3) is 0 Å². The van der Waals surface area contributed by atoms with Gasteiger partial charge in [-0.15, -0.1) is 11.3 Å². The predicted octanol–water partition coefficient (Wildman–Crippen LogP) is 0.774. The molecule has 82 valence electrons. The molecule has 3 rings (SSSR count). The number of rotatable bonds is 0. The Balaban J connectivity index is 2.05. The molecule has 0 radical (unpaired) electrons. The Morgan fingerprint density at radius 2 is 2.27 bits per heavy atom. The molecule has 2 aliphatic heterocycles. The third-order valence-electron chi connectivity index (χ3n) is 3.27. The fourth-order valence-electron chi connectivity index (χ4n) is 2.58. The zero-order valence-electron chi connectivity index (χ0n) is 8.27. The summed E-state index contributed by atoms with van der Waals surface area (Å²) in [6.07, 6.45) is 1.03. The third kappa shape index (κ3) is 1.62. The first kappa shape index (κ1) is 9.81. The van der Waals surface area contributed by atoms with Crippen LogP contribution in [0.5, 0.6) is 0 Å². The van der Waals surface area contributed by atoms with E-state index in [1.165, 1.54) is 10.4 Å². The lowest BCUT2D eigenvalue weighted by Gasteiger charge is -2.14. The van der Waals surface area contributed by atoms with Crippen molar-refractivity contribution in [3.05, 3.63) is 21.9 Å². The maximum Gasteiger partial charge on any atom is 0.152 e. The van der Waals surface area contributed by atoms with Crippen molar-refractivity contribution in [1.82, 2.24) is 5.32 Å². The van der Waals surface area contributed by atoms with Crippen LogP contribution in [0.2, 0.25) is 0 Å². The molecule has 1 aromatic rings. The van der Waals surface area contributed by atoms with Gasteiger partial charge in [0.25, 0.3) is 0 Å². The molecule has 1 saturated heterocycles. The Morgan fingerprint density at radius 1 is 1.40 bits per heavy atom. The average molecular weight is 243 g/mol. The van der Waals surface area contributed by atoms with Crippen LogP contribution >= 0.6 is 11.3 Å². The molecule has 15 heavy (non-hydrogen) atoms. The predicted molar refractivity (Wildman–Crippen MR) is 61.2 cm³/mol. The van der Waals surface area contributed by atoms with Crippen molar-refractivity contribution < 1.29 is 8.42 Å². The first-order valence-corrected chi connectivity index (χ1v) is 7.86. The lowest BCUT2D eigenvalue weighted by Crippen LogP contribution is -2.33. The van der Waals surface area contributed by atoms with Crippen LogP contribution in [0.1, 0.15) is 16.4 Å². The summed E-state index contributed by atoms with van der Waals surface area (Å²) in [7, 11) is -2.82. The average Bonchev–Trinajstić information content (AvgIpc) is 2.68. The van der Waals surface area contributed by atoms with Crippen LogP contribution in [-0.4, -0.2) is 32.5 Å². The van der Waals surface area contributed by atoms with Gasteiger partial charge in [-0.1, -0.05) is 0 Å². The van der Waals surface area contributed by atoms with Gasteiger partial charge in [0, 0.05) is 16.8 Å². The van der Waals surface area contributed by atoms with Gasteiger partial charge in [-0.3, -0.25) is 0 Å². The minimum absolute atomic E-state index is 0.148. The minimum atomic E-state index is -2.82. The zero-order chi connectivity index (χ0) is 10.5. The summed E-state index contributed by atoms with van der Waals surface area (Å²) < 4.78 is 23.2. The number of hydrogen-bond acceptors (Lipinski definition) is 4. The number of thiophene rings is 1. The zero-order valence-corrected chi connectivity index (χ0v) is 9.90. The van der Waals surface area contributed by atoms with E-state index in [1.54, 1.807) is 11.3 Å². The van der Waals surface area contributed by atoms with Crippen molar-refractivity contribution in [2.24, 2.45) is 0 Å². The minimum Gasteiger partial charge on any atom is -0.312 e. The molecule has 5 heteroatoms. The van der Waals surface area contributed by atoms with Crippen molar-refractivity contribution >= 4 is 21.2 Å². The summed E-state index contributed by atoms with van der Waals surface area (Å²) in [6.45, 7) is 0.903. The largest absolute Gasteiger partial charge is 0.312 e. The normalized spacial score (nSPS) is 33.1. The van der Waals surface area contributed by atoms with E-state index in [4.69, 9.17) is 0 Å². The number of fused-ring (bicyclic) bond motifs is 3. The van der Waals surface area contributed by atoms with Crippen molar-refractivity contribution in [3.8, 4) is 0 Å². The molecule has 3 nitrogen and oxygen atoms in total. The summed E-state index contributed by atoms with van der Waals surface area (Å²) in [5, 5.41) is 5.44. The fourth-order valence-corrected chi connectivity index (χ4v) is 5.79. The van der Waals surface area contributed by atoms with Crippen LogP contribution in [0.15, 0.2) is 11.4 Å². The van der Waals surface area contributed by atoms with Crippen molar-refractivity contribution in [2.45, 2.75) is 18.4 Å². The molecule has 1 fully saturated rings. The van der Waals surface area contributed by atoms with Gasteiger partial charge in [0.15, 0.2) is 9.84 Å². The Kier molecular flexibility index (Phi) is 2.16. The Bertz CT molecular complexity index is 477. The molecule has 0 aromatic carbocycles. The maximum atomic E-state index is 11.6. The first-order valence-electron chi connectivity index (χ1n) is 5.16. The molecule has 0 bridgehead atoms. The van der Waals surface area contributed by atoms with E-state index >= 15 is 0 Å². The quantitative estimate of drug-likeness (QED) is 0.732. The molecule has 0 saturated carbocycles. The molecular weight excluding hydrogens is 230 g/mol. The Labute approximate surface area is 93.4 Å². The monoisotopic (exact) mass is 243 g/mol. The molecule has 0 spiro atoms. The van der Waals surface area contributed by atoms with Crippen LogP contribution < -0.4 is 5.32 Å². The van der Waals surface area contributed by atoms with E-state index in [9.17, 15) is 8.42 Å². The van der Waals surface area contributed by atoms with Gasteiger partial charge in [0.2, 0.25) is 0 Å². The van der Waals surface area contributed by atoms with Crippen LogP contribution in [0, 0.1) is 0 Å². The second-order valence-electron chi connectivity index (χ2n) is 4.30. The van der Waals surface area contributed by atoms with Gasteiger partial charge in [-0.05, 0) is 30.0 Å². The van der Waals surface area contributed by atoms with Gasteiger partial charge in [-0.25, -0.2) is 8.42 Å². The topological polar surface area (TPSA) is 46.2 Å². The highest BCUT2D eigenvalue weighted by Gasteiger charge is 2.40. The van der Waals surface area contributed by atoms with Crippen LogP contribution in [0.4, 0.5) is 0 Å². The van der Waals surface area contributed by atoms with Crippen molar-refractivity contribution in [2.75, 3.05) is 18.1 Å². The molecular formula is C10H13NO2S2. The molecule has 2 unspecified atom stereocenters. The standard InChI is InChI=1S/C10H13NO2S2/c12-15(13)5-8-9(6-15)11-3-1-7-2-4-14-10(7)8/h2,4,8-9,11H,1,3,5-6H2. The summed E-state index contributed by atoms with van der Waals surface area (Å²) in [5.74, 6) is 0.847. The molecule has 0 aliphatic carbocycles. The van der Waals surface area contributed by atoms with Gasteiger partial charge in [-0.2, -0.15) is 0 Å². The molecule has 2 aliphatic rings. The molecule has 3 heterocycles. The number of sulfone groups is 1. The summed E-state index contributed by atoms with van der Waals surface area (Å²) in [6, 6.07) is 2.28. The van der Waals surface area contributed by atoms with Gasteiger partial charge in [0.1, 0.15) is 0 Å². The Morgan fingerprint density at radius 3 is 3.13 bits per heavy atom. The molecule has 1 N–H and O–H groups in total. The van der Waals surface area contributed by atoms with Gasteiger partial charge >= 0.3 is 0 Å². The van der Waals surface area contributed by atoms with Crippen molar-refractivity contribution in [3.63, 3.8) is 0 Å². The highest BCUT2D eigenvalue weighted by Crippen LogP contribution is 2.36. The summed E-state index contributed by atoms with van der Waals surface area (Å²) >= 11 is 1.71. The highest BCUT2D eigenvalue weighted by molar-refractivity contribution is 7.91. The van der Waals surface area contributed by atoms with Crippen LogP contribution in [-0.2, 0) is 16.3 Å². The smallest absolute Gasteiger partial charge is 0.152 e. The van der Waals surface area contributed by atoms with E-state index in [2.05, 4.69) is 16.8 Å².